The third-order valence-electron chi connectivity index (χ3n) is 2.24. The van der Waals surface area contributed by atoms with Gasteiger partial charge in [0.25, 0.3) is 0 Å². The Labute approximate surface area is 82.8 Å². The molecule has 0 aliphatic heterocycles. The Morgan fingerprint density at radius 3 is 2.46 bits per heavy atom. The molecule has 0 heterocycles. The molecule has 0 unspecified atom stereocenters. The second-order valence-corrected chi connectivity index (χ2v) is 3.73. The lowest BCUT2D eigenvalue weighted by Gasteiger charge is -2.24. The van der Waals surface area contributed by atoms with E-state index in [1.54, 1.807) is 0 Å². The molecule has 0 aromatic rings. The van der Waals surface area contributed by atoms with Gasteiger partial charge in [-0.25, -0.2) is 0 Å². The maximum atomic E-state index is 5.43. The van der Waals surface area contributed by atoms with Gasteiger partial charge in [-0.15, -0.1) is 6.58 Å². The Bertz CT molecular complexity index is 121. The van der Waals surface area contributed by atoms with E-state index in [-0.39, 0.29) is 0 Å². The van der Waals surface area contributed by atoms with Crippen LogP contribution in [0.3, 0.4) is 0 Å². The quantitative estimate of drug-likeness (QED) is 0.462. The van der Waals surface area contributed by atoms with Gasteiger partial charge < -0.3 is 5.73 Å². The zero-order chi connectivity index (χ0) is 10.1. The number of hydrogen-bond acceptors (Lipinski definition) is 2. The van der Waals surface area contributed by atoms with Gasteiger partial charge in [0, 0.05) is 12.6 Å². The molecule has 2 N–H and O–H groups in total. The fourth-order valence-electron chi connectivity index (χ4n) is 1.36. The highest BCUT2D eigenvalue weighted by atomic mass is 15.1. The van der Waals surface area contributed by atoms with Gasteiger partial charge in [-0.1, -0.05) is 12.5 Å². The molecule has 0 atom stereocenters. The van der Waals surface area contributed by atoms with Gasteiger partial charge in [0.05, 0.1) is 0 Å². The first-order valence-electron chi connectivity index (χ1n) is 5.27. The van der Waals surface area contributed by atoms with E-state index in [4.69, 9.17) is 5.73 Å². The van der Waals surface area contributed by atoms with E-state index in [0.717, 1.165) is 19.5 Å². The van der Waals surface area contributed by atoms with Crippen LogP contribution in [0.4, 0.5) is 0 Å². The van der Waals surface area contributed by atoms with Crippen molar-refractivity contribution in [2.75, 3.05) is 19.6 Å². The first-order chi connectivity index (χ1) is 6.22. The monoisotopic (exact) mass is 184 g/mol. The second kappa shape index (κ2) is 8.27. The number of unbranched alkanes of at least 4 members (excludes halogenated alkanes) is 2. The van der Waals surface area contributed by atoms with Crippen molar-refractivity contribution in [3.05, 3.63) is 12.7 Å². The minimum absolute atomic E-state index is 0.621. The van der Waals surface area contributed by atoms with E-state index >= 15 is 0 Å². The second-order valence-electron chi connectivity index (χ2n) is 3.73. The summed E-state index contributed by atoms with van der Waals surface area (Å²) in [6.45, 7) is 11.2. The topological polar surface area (TPSA) is 29.3 Å². The predicted octanol–water partition coefficient (Wildman–Crippen LogP) is 2.01. The maximum Gasteiger partial charge on any atom is 0.0163 e. The Morgan fingerprint density at radius 2 is 2.00 bits per heavy atom. The highest BCUT2D eigenvalue weighted by Gasteiger charge is 2.05. The summed E-state index contributed by atoms with van der Waals surface area (Å²) in [7, 11) is 0. The summed E-state index contributed by atoms with van der Waals surface area (Å²) in [6, 6.07) is 0.621. The lowest BCUT2D eigenvalue weighted by atomic mass is 10.2. The predicted molar refractivity (Wildman–Crippen MR) is 59.8 cm³/mol. The number of hydrogen-bond donors (Lipinski definition) is 1. The molecule has 78 valence electrons. The molecule has 13 heavy (non-hydrogen) atoms. The molecule has 0 amide bonds. The minimum atomic E-state index is 0.621. The van der Waals surface area contributed by atoms with Gasteiger partial charge in [-0.2, -0.15) is 0 Å². The lowest BCUT2D eigenvalue weighted by molar-refractivity contribution is 0.240. The molecular formula is C11H24N2. The average Bonchev–Trinajstić information content (AvgIpc) is 2.10. The van der Waals surface area contributed by atoms with Crippen molar-refractivity contribution >= 4 is 0 Å². The normalized spacial score (nSPS) is 11.2. The van der Waals surface area contributed by atoms with Crippen molar-refractivity contribution < 1.29 is 0 Å². The number of nitrogens with two attached hydrogens (primary N) is 1. The summed E-state index contributed by atoms with van der Waals surface area (Å²) in [5.41, 5.74) is 5.43. The van der Waals surface area contributed by atoms with E-state index in [0.29, 0.717) is 6.04 Å². The molecule has 0 aliphatic rings. The maximum absolute atomic E-state index is 5.43. The summed E-state index contributed by atoms with van der Waals surface area (Å²) in [5.74, 6) is 0. The molecule has 2 nitrogen and oxygen atoms in total. The standard InChI is InChI=1S/C11H24N2/c1-4-9-13(11(2)3)10-7-5-6-8-12/h4,11H,1,5-10,12H2,2-3H3. The Hall–Kier alpha value is -0.340. The van der Waals surface area contributed by atoms with Crippen molar-refractivity contribution in [2.24, 2.45) is 5.73 Å². The van der Waals surface area contributed by atoms with Crippen molar-refractivity contribution in [1.29, 1.82) is 0 Å². The highest BCUT2D eigenvalue weighted by Crippen LogP contribution is 2.02. The molecule has 0 aromatic carbocycles. The molecule has 0 rings (SSSR count). The molecule has 0 saturated carbocycles. The van der Waals surface area contributed by atoms with E-state index in [9.17, 15) is 0 Å². The molecule has 0 fully saturated rings. The minimum Gasteiger partial charge on any atom is -0.330 e. The van der Waals surface area contributed by atoms with Crippen LogP contribution < -0.4 is 5.73 Å². The van der Waals surface area contributed by atoms with Crippen LogP contribution in [0.5, 0.6) is 0 Å². The summed E-state index contributed by atoms with van der Waals surface area (Å²) >= 11 is 0. The molecule has 2 heteroatoms. The third kappa shape index (κ3) is 6.79. The molecular weight excluding hydrogens is 160 g/mol. The van der Waals surface area contributed by atoms with Gasteiger partial charge >= 0.3 is 0 Å². The largest absolute Gasteiger partial charge is 0.330 e. The first-order valence-corrected chi connectivity index (χ1v) is 5.27. The van der Waals surface area contributed by atoms with Gasteiger partial charge in [0.1, 0.15) is 0 Å². The van der Waals surface area contributed by atoms with Crippen LogP contribution in [0, 0.1) is 0 Å². The number of nitrogens with zero attached hydrogens (tertiary/aromatic N) is 1. The van der Waals surface area contributed by atoms with Crippen LogP contribution in [0.1, 0.15) is 33.1 Å². The Kier molecular flexibility index (Phi) is 8.05. The summed E-state index contributed by atoms with van der Waals surface area (Å²) < 4.78 is 0. The van der Waals surface area contributed by atoms with Crippen molar-refractivity contribution in [1.82, 2.24) is 4.90 Å². The smallest absolute Gasteiger partial charge is 0.0163 e. The fraction of sp³-hybridized carbons (Fsp3) is 0.818. The summed E-state index contributed by atoms with van der Waals surface area (Å²) in [4.78, 5) is 2.43. The summed E-state index contributed by atoms with van der Waals surface area (Å²) in [6.07, 6.45) is 5.63. The molecule has 0 spiro atoms. The molecule has 0 aromatic heterocycles. The van der Waals surface area contributed by atoms with Crippen LogP contribution >= 0.6 is 0 Å². The Morgan fingerprint density at radius 1 is 1.31 bits per heavy atom. The highest BCUT2D eigenvalue weighted by molar-refractivity contribution is 4.75. The van der Waals surface area contributed by atoms with E-state index in [2.05, 4.69) is 25.3 Å². The average molecular weight is 184 g/mol. The van der Waals surface area contributed by atoms with Crippen molar-refractivity contribution in [2.45, 2.75) is 39.2 Å². The van der Waals surface area contributed by atoms with E-state index < -0.39 is 0 Å². The number of rotatable bonds is 8. The van der Waals surface area contributed by atoms with Crippen LogP contribution in [0.15, 0.2) is 12.7 Å². The van der Waals surface area contributed by atoms with Gasteiger partial charge in [-0.05, 0) is 39.8 Å². The van der Waals surface area contributed by atoms with E-state index in [1.807, 2.05) is 6.08 Å². The van der Waals surface area contributed by atoms with Crippen LogP contribution in [0.25, 0.3) is 0 Å². The Balaban J connectivity index is 3.50. The zero-order valence-electron chi connectivity index (χ0n) is 9.13. The van der Waals surface area contributed by atoms with Gasteiger partial charge in [0.15, 0.2) is 0 Å². The van der Waals surface area contributed by atoms with E-state index in [1.165, 1.54) is 19.4 Å². The van der Waals surface area contributed by atoms with Crippen LogP contribution in [0.2, 0.25) is 0 Å². The van der Waals surface area contributed by atoms with Gasteiger partial charge in [0.2, 0.25) is 0 Å². The third-order valence-corrected chi connectivity index (χ3v) is 2.24. The zero-order valence-corrected chi connectivity index (χ0v) is 9.13. The van der Waals surface area contributed by atoms with Crippen molar-refractivity contribution in [3.8, 4) is 0 Å². The molecule has 0 aliphatic carbocycles. The fourth-order valence-corrected chi connectivity index (χ4v) is 1.36. The van der Waals surface area contributed by atoms with Crippen LogP contribution in [-0.4, -0.2) is 30.6 Å². The summed E-state index contributed by atoms with van der Waals surface area (Å²) in [5, 5.41) is 0. The lowest BCUT2D eigenvalue weighted by Crippen LogP contribution is -2.31. The van der Waals surface area contributed by atoms with Crippen molar-refractivity contribution in [3.63, 3.8) is 0 Å². The van der Waals surface area contributed by atoms with Gasteiger partial charge in [-0.3, -0.25) is 4.90 Å². The molecule has 0 radical (unpaired) electrons. The molecule has 0 saturated heterocycles. The SMILES string of the molecule is C=CCN(CCCCCN)C(C)C. The molecule has 0 bridgehead atoms. The van der Waals surface area contributed by atoms with Crippen LogP contribution in [-0.2, 0) is 0 Å². The first kappa shape index (κ1) is 12.7.